The normalized spacial score (nSPS) is 10.2. The van der Waals surface area contributed by atoms with Crippen molar-refractivity contribution in [3.05, 3.63) is 65.7 Å². The van der Waals surface area contributed by atoms with Crippen LogP contribution in [0.25, 0.3) is 6.08 Å². The van der Waals surface area contributed by atoms with Crippen molar-refractivity contribution in [1.82, 2.24) is 16.2 Å². The van der Waals surface area contributed by atoms with Gasteiger partial charge in [-0.25, -0.2) is 0 Å². The number of rotatable bonds is 6. The van der Waals surface area contributed by atoms with Gasteiger partial charge >= 0.3 is 0 Å². The molecule has 146 valence electrons. The van der Waals surface area contributed by atoms with Crippen LogP contribution < -0.4 is 25.6 Å². The monoisotopic (exact) mass is 399 g/mol. The van der Waals surface area contributed by atoms with E-state index in [9.17, 15) is 9.59 Å². The van der Waals surface area contributed by atoms with Gasteiger partial charge in [-0.3, -0.25) is 25.8 Å². The summed E-state index contributed by atoms with van der Waals surface area (Å²) in [6, 6.07) is 14.5. The molecule has 0 spiro atoms. The van der Waals surface area contributed by atoms with E-state index >= 15 is 0 Å². The maximum atomic E-state index is 11.8. The SMILES string of the molecule is COc1ccc(C=CC(=O)NC(=S)NNC(=O)COc2ccc(C)cc2)cc1. The van der Waals surface area contributed by atoms with Crippen LogP contribution in [0.2, 0.25) is 0 Å². The van der Waals surface area contributed by atoms with Crippen LogP contribution in [0.15, 0.2) is 54.6 Å². The number of thiocarbonyl (C=S) groups is 1. The molecule has 0 aliphatic heterocycles. The molecule has 0 aliphatic carbocycles. The molecule has 0 bridgehead atoms. The third-order valence-corrected chi connectivity index (χ3v) is 3.69. The third-order valence-electron chi connectivity index (χ3n) is 3.49. The minimum Gasteiger partial charge on any atom is -0.497 e. The summed E-state index contributed by atoms with van der Waals surface area (Å²) in [4.78, 5) is 23.6. The summed E-state index contributed by atoms with van der Waals surface area (Å²) in [5.41, 5.74) is 6.72. The van der Waals surface area contributed by atoms with Crippen LogP contribution in [0.5, 0.6) is 11.5 Å². The van der Waals surface area contributed by atoms with Gasteiger partial charge in [-0.1, -0.05) is 29.8 Å². The second kappa shape index (κ2) is 10.7. The number of hydrazine groups is 1. The fourth-order valence-corrected chi connectivity index (χ4v) is 2.17. The van der Waals surface area contributed by atoms with Gasteiger partial charge in [-0.05, 0) is 55.0 Å². The Morgan fingerprint density at radius 3 is 2.29 bits per heavy atom. The van der Waals surface area contributed by atoms with Crippen molar-refractivity contribution >= 4 is 35.2 Å². The second-order valence-electron chi connectivity index (χ2n) is 5.70. The van der Waals surface area contributed by atoms with E-state index in [0.29, 0.717) is 5.75 Å². The number of nitrogens with one attached hydrogen (secondary N) is 3. The minimum absolute atomic E-state index is 0.0342. The number of methoxy groups -OCH3 is 1. The maximum Gasteiger partial charge on any atom is 0.276 e. The summed E-state index contributed by atoms with van der Waals surface area (Å²) in [5, 5.41) is 2.39. The van der Waals surface area contributed by atoms with Gasteiger partial charge in [-0.2, -0.15) is 0 Å². The lowest BCUT2D eigenvalue weighted by atomic mass is 10.2. The van der Waals surface area contributed by atoms with Gasteiger partial charge in [0.25, 0.3) is 5.91 Å². The predicted octanol–water partition coefficient (Wildman–Crippen LogP) is 2.12. The molecule has 2 rings (SSSR count). The number of hydrogen-bond acceptors (Lipinski definition) is 5. The zero-order valence-electron chi connectivity index (χ0n) is 15.5. The molecule has 2 amide bonds. The highest BCUT2D eigenvalue weighted by molar-refractivity contribution is 7.80. The largest absolute Gasteiger partial charge is 0.497 e. The van der Waals surface area contributed by atoms with Gasteiger partial charge in [0.05, 0.1) is 7.11 Å². The first-order chi connectivity index (χ1) is 13.5. The Labute approximate surface area is 168 Å². The molecule has 0 heterocycles. The number of carbonyl (C=O) groups excluding carboxylic acids is 2. The number of aryl methyl sites for hydroxylation is 1. The molecule has 0 saturated heterocycles. The molecule has 0 aromatic heterocycles. The Bertz CT molecular complexity index is 849. The van der Waals surface area contributed by atoms with Crippen LogP contribution in [0.1, 0.15) is 11.1 Å². The number of hydrogen-bond donors (Lipinski definition) is 3. The fraction of sp³-hybridized carbons (Fsp3) is 0.150. The summed E-state index contributed by atoms with van der Waals surface area (Å²) in [6.07, 6.45) is 2.96. The molecule has 8 heteroatoms. The molecule has 0 aliphatic rings. The summed E-state index contributed by atoms with van der Waals surface area (Å²) >= 11 is 4.96. The van der Waals surface area contributed by atoms with Crippen LogP contribution in [-0.2, 0) is 9.59 Å². The van der Waals surface area contributed by atoms with Crippen LogP contribution in [0, 0.1) is 6.92 Å². The van der Waals surface area contributed by atoms with Crippen LogP contribution >= 0.6 is 12.2 Å². The van der Waals surface area contributed by atoms with Crippen molar-refractivity contribution in [1.29, 1.82) is 0 Å². The molecule has 2 aromatic carbocycles. The zero-order valence-corrected chi connectivity index (χ0v) is 16.3. The minimum atomic E-state index is -0.439. The number of amides is 2. The summed E-state index contributed by atoms with van der Waals surface area (Å²) in [5.74, 6) is 0.443. The molecule has 7 nitrogen and oxygen atoms in total. The van der Waals surface area contributed by atoms with Crippen molar-refractivity contribution in [3.8, 4) is 11.5 Å². The van der Waals surface area contributed by atoms with Crippen LogP contribution in [-0.4, -0.2) is 30.6 Å². The number of carbonyl (C=O) groups is 2. The molecule has 0 unspecified atom stereocenters. The van der Waals surface area contributed by atoms with Crippen molar-refractivity contribution in [2.45, 2.75) is 6.92 Å². The molecule has 0 fully saturated rings. The van der Waals surface area contributed by atoms with Crippen molar-refractivity contribution in [2.75, 3.05) is 13.7 Å². The molecule has 2 aromatic rings. The van der Waals surface area contributed by atoms with E-state index in [2.05, 4.69) is 16.2 Å². The smallest absolute Gasteiger partial charge is 0.276 e. The first-order valence-corrected chi connectivity index (χ1v) is 8.78. The number of ether oxygens (including phenoxy) is 2. The Morgan fingerprint density at radius 1 is 1.00 bits per heavy atom. The van der Waals surface area contributed by atoms with Gasteiger partial charge < -0.3 is 9.47 Å². The van der Waals surface area contributed by atoms with Gasteiger partial charge in [0.1, 0.15) is 11.5 Å². The Morgan fingerprint density at radius 2 is 1.64 bits per heavy atom. The Balaban J connectivity index is 1.68. The molecular weight excluding hydrogens is 378 g/mol. The quantitative estimate of drug-likeness (QED) is 0.392. The summed E-state index contributed by atoms with van der Waals surface area (Å²) < 4.78 is 10.4. The second-order valence-corrected chi connectivity index (χ2v) is 6.11. The van der Waals surface area contributed by atoms with Gasteiger partial charge in [-0.15, -0.1) is 0 Å². The first kappa shape index (κ1) is 20.9. The van der Waals surface area contributed by atoms with Crippen LogP contribution in [0.3, 0.4) is 0 Å². The molecule has 28 heavy (non-hydrogen) atoms. The van der Waals surface area contributed by atoms with Gasteiger partial charge in [0, 0.05) is 6.08 Å². The third kappa shape index (κ3) is 7.46. The lowest BCUT2D eigenvalue weighted by Crippen LogP contribution is -2.49. The highest BCUT2D eigenvalue weighted by atomic mass is 32.1. The van der Waals surface area contributed by atoms with E-state index < -0.39 is 11.8 Å². The standard InChI is InChI=1S/C20H21N3O4S/c1-14-3-8-17(9-4-14)27-13-19(25)22-23-20(28)21-18(24)12-7-15-5-10-16(26-2)11-6-15/h3-12H,13H2,1-2H3,(H,22,25)(H2,21,23,24,28). The Kier molecular flexibility index (Phi) is 7.98. The van der Waals surface area contributed by atoms with E-state index in [1.807, 2.05) is 31.2 Å². The topological polar surface area (TPSA) is 88.7 Å². The van der Waals surface area contributed by atoms with E-state index in [0.717, 1.165) is 16.9 Å². The average Bonchev–Trinajstić information content (AvgIpc) is 2.70. The molecular formula is C20H21N3O4S. The summed E-state index contributed by atoms with van der Waals surface area (Å²) in [7, 11) is 1.58. The highest BCUT2D eigenvalue weighted by Gasteiger charge is 2.05. The lowest BCUT2D eigenvalue weighted by molar-refractivity contribution is -0.123. The fourth-order valence-electron chi connectivity index (χ4n) is 2.02. The number of benzene rings is 2. The van der Waals surface area contributed by atoms with E-state index in [4.69, 9.17) is 21.7 Å². The first-order valence-electron chi connectivity index (χ1n) is 8.37. The molecule has 0 atom stereocenters. The van der Waals surface area contributed by atoms with E-state index in [1.165, 1.54) is 6.08 Å². The Hall–Kier alpha value is -3.39. The molecule has 0 saturated carbocycles. The van der Waals surface area contributed by atoms with Gasteiger partial charge in [0.2, 0.25) is 5.91 Å². The van der Waals surface area contributed by atoms with Crippen molar-refractivity contribution in [3.63, 3.8) is 0 Å². The highest BCUT2D eigenvalue weighted by Crippen LogP contribution is 2.12. The average molecular weight is 399 g/mol. The summed E-state index contributed by atoms with van der Waals surface area (Å²) in [6.45, 7) is 1.77. The van der Waals surface area contributed by atoms with E-state index in [1.54, 1.807) is 37.5 Å². The van der Waals surface area contributed by atoms with Crippen molar-refractivity contribution < 1.29 is 19.1 Å². The predicted molar refractivity (Wildman–Crippen MR) is 111 cm³/mol. The zero-order chi connectivity index (χ0) is 20.4. The van der Waals surface area contributed by atoms with E-state index in [-0.39, 0.29) is 11.7 Å². The van der Waals surface area contributed by atoms with Crippen molar-refractivity contribution in [2.24, 2.45) is 0 Å². The maximum absolute atomic E-state index is 11.8. The van der Waals surface area contributed by atoms with Crippen LogP contribution in [0.4, 0.5) is 0 Å². The lowest BCUT2D eigenvalue weighted by Gasteiger charge is -2.10. The molecule has 3 N–H and O–H groups in total. The molecule has 0 radical (unpaired) electrons. The van der Waals surface area contributed by atoms with Gasteiger partial charge in [0.15, 0.2) is 11.7 Å².